The van der Waals surface area contributed by atoms with Gasteiger partial charge in [0.1, 0.15) is 0 Å². The van der Waals surface area contributed by atoms with Crippen molar-refractivity contribution < 1.29 is 4.74 Å². The summed E-state index contributed by atoms with van der Waals surface area (Å²) in [4.78, 5) is 0. The molecule has 1 heterocycles. The molecule has 1 aliphatic heterocycles. The molecule has 0 bridgehead atoms. The third-order valence-corrected chi connectivity index (χ3v) is 4.22. The lowest BCUT2D eigenvalue weighted by Crippen LogP contribution is -2.30. The van der Waals surface area contributed by atoms with Crippen LogP contribution in [0.15, 0.2) is 0 Å². The molecular formula is C13H25NO. The third-order valence-electron chi connectivity index (χ3n) is 4.22. The van der Waals surface area contributed by atoms with Crippen molar-refractivity contribution in [2.45, 2.75) is 51.0 Å². The van der Waals surface area contributed by atoms with Crippen molar-refractivity contribution in [2.24, 2.45) is 11.8 Å². The molecule has 2 rings (SSSR count). The first-order valence-electron chi connectivity index (χ1n) is 6.65. The van der Waals surface area contributed by atoms with Crippen LogP contribution < -0.4 is 5.32 Å². The first-order valence-corrected chi connectivity index (χ1v) is 6.65. The van der Waals surface area contributed by atoms with Gasteiger partial charge in [0.25, 0.3) is 0 Å². The Morgan fingerprint density at radius 2 is 1.60 bits per heavy atom. The highest BCUT2D eigenvalue weighted by Gasteiger charge is 2.31. The van der Waals surface area contributed by atoms with E-state index in [2.05, 4.69) is 5.32 Å². The van der Waals surface area contributed by atoms with Crippen LogP contribution in [0.3, 0.4) is 0 Å². The van der Waals surface area contributed by atoms with Crippen LogP contribution in [-0.2, 0) is 4.74 Å². The van der Waals surface area contributed by atoms with Gasteiger partial charge >= 0.3 is 0 Å². The number of hydrogen-bond donors (Lipinski definition) is 1. The molecule has 0 aromatic rings. The van der Waals surface area contributed by atoms with E-state index in [1.165, 1.54) is 58.0 Å². The van der Waals surface area contributed by atoms with Crippen molar-refractivity contribution in [1.29, 1.82) is 0 Å². The summed E-state index contributed by atoms with van der Waals surface area (Å²) >= 11 is 0. The van der Waals surface area contributed by atoms with Gasteiger partial charge < -0.3 is 10.1 Å². The van der Waals surface area contributed by atoms with Crippen LogP contribution >= 0.6 is 0 Å². The van der Waals surface area contributed by atoms with Crippen molar-refractivity contribution in [2.75, 3.05) is 20.2 Å². The van der Waals surface area contributed by atoms with Crippen LogP contribution in [0.25, 0.3) is 0 Å². The number of rotatable bonds is 3. The molecule has 2 fully saturated rings. The fourth-order valence-corrected chi connectivity index (χ4v) is 3.43. The smallest absolute Gasteiger partial charge is 0.0628 e. The minimum Gasteiger partial charge on any atom is -0.381 e. The predicted octanol–water partition coefficient (Wildman–Crippen LogP) is 2.58. The van der Waals surface area contributed by atoms with Gasteiger partial charge in [0.15, 0.2) is 0 Å². The summed E-state index contributed by atoms with van der Waals surface area (Å²) in [6.45, 7) is 2.40. The van der Waals surface area contributed by atoms with Crippen LogP contribution in [0.5, 0.6) is 0 Å². The Morgan fingerprint density at radius 3 is 2.33 bits per heavy atom. The summed E-state index contributed by atoms with van der Waals surface area (Å²) in [5, 5.41) is 3.49. The van der Waals surface area contributed by atoms with Gasteiger partial charge in [-0.2, -0.15) is 0 Å². The van der Waals surface area contributed by atoms with E-state index in [1.807, 2.05) is 7.11 Å². The maximum atomic E-state index is 5.80. The van der Waals surface area contributed by atoms with Gasteiger partial charge in [-0.25, -0.2) is 0 Å². The Morgan fingerprint density at radius 1 is 0.933 bits per heavy atom. The second kappa shape index (κ2) is 5.86. The molecule has 2 aliphatic rings. The van der Waals surface area contributed by atoms with E-state index >= 15 is 0 Å². The molecule has 2 unspecified atom stereocenters. The van der Waals surface area contributed by atoms with E-state index in [0.717, 1.165) is 11.8 Å². The zero-order valence-corrected chi connectivity index (χ0v) is 10.0. The van der Waals surface area contributed by atoms with Gasteiger partial charge in [0.2, 0.25) is 0 Å². The summed E-state index contributed by atoms with van der Waals surface area (Å²) in [6.07, 6.45) is 10.2. The van der Waals surface area contributed by atoms with Crippen LogP contribution in [0, 0.1) is 11.8 Å². The number of methoxy groups -OCH3 is 1. The number of ether oxygens (including phenoxy) is 1. The van der Waals surface area contributed by atoms with Crippen molar-refractivity contribution in [3.63, 3.8) is 0 Å². The quantitative estimate of drug-likeness (QED) is 0.774. The highest BCUT2D eigenvalue weighted by atomic mass is 16.5. The summed E-state index contributed by atoms with van der Waals surface area (Å²) in [5.41, 5.74) is 0. The SMILES string of the molecule is COC(C1CCCC1)C1CCCNCC1. The summed E-state index contributed by atoms with van der Waals surface area (Å²) < 4.78 is 5.80. The second-order valence-electron chi connectivity index (χ2n) is 5.19. The fourth-order valence-electron chi connectivity index (χ4n) is 3.43. The molecule has 1 N–H and O–H groups in total. The molecule has 15 heavy (non-hydrogen) atoms. The lowest BCUT2D eigenvalue weighted by molar-refractivity contribution is 0.00352. The van der Waals surface area contributed by atoms with E-state index in [4.69, 9.17) is 4.74 Å². The molecular weight excluding hydrogens is 186 g/mol. The second-order valence-corrected chi connectivity index (χ2v) is 5.19. The molecule has 2 atom stereocenters. The van der Waals surface area contributed by atoms with Gasteiger partial charge in [-0.15, -0.1) is 0 Å². The van der Waals surface area contributed by atoms with Crippen molar-refractivity contribution in [3.8, 4) is 0 Å². The zero-order valence-electron chi connectivity index (χ0n) is 10.0. The highest BCUT2D eigenvalue weighted by molar-refractivity contribution is 4.83. The minimum atomic E-state index is 0.549. The van der Waals surface area contributed by atoms with Crippen molar-refractivity contribution in [1.82, 2.24) is 5.32 Å². The normalized spacial score (nSPS) is 31.4. The third kappa shape index (κ3) is 2.94. The van der Waals surface area contributed by atoms with Gasteiger partial charge in [-0.1, -0.05) is 12.8 Å². The molecule has 0 spiro atoms. The van der Waals surface area contributed by atoms with Crippen molar-refractivity contribution >= 4 is 0 Å². The Kier molecular flexibility index (Phi) is 4.45. The Balaban J connectivity index is 1.91. The van der Waals surface area contributed by atoms with Crippen LogP contribution in [-0.4, -0.2) is 26.3 Å². The molecule has 0 amide bonds. The van der Waals surface area contributed by atoms with E-state index in [9.17, 15) is 0 Å². The fraction of sp³-hybridized carbons (Fsp3) is 1.00. The molecule has 0 aromatic carbocycles. The van der Waals surface area contributed by atoms with Crippen LogP contribution in [0.2, 0.25) is 0 Å². The minimum absolute atomic E-state index is 0.549. The Hall–Kier alpha value is -0.0800. The Bertz CT molecular complexity index is 169. The van der Waals surface area contributed by atoms with E-state index < -0.39 is 0 Å². The first-order chi connectivity index (χ1) is 7.42. The average Bonchev–Trinajstić information content (AvgIpc) is 2.63. The first kappa shape index (κ1) is 11.4. The lowest BCUT2D eigenvalue weighted by Gasteiger charge is -2.29. The Labute approximate surface area is 93.8 Å². The molecule has 88 valence electrons. The van der Waals surface area contributed by atoms with Gasteiger partial charge in [0.05, 0.1) is 6.10 Å². The molecule has 0 aromatic heterocycles. The summed E-state index contributed by atoms with van der Waals surface area (Å²) in [5.74, 6) is 1.67. The molecule has 0 radical (unpaired) electrons. The maximum absolute atomic E-state index is 5.80. The van der Waals surface area contributed by atoms with Gasteiger partial charge in [-0.3, -0.25) is 0 Å². The zero-order chi connectivity index (χ0) is 10.5. The van der Waals surface area contributed by atoms with Crippen molar-refractivity contribution in [3.05, 3.63) is 0 Å². The lowest BCUT2D eigenvalue weighted by atomic mass is 9.85. The average molecular weight is 211 g/mol. The highest BCUT2D eigenvalue weighted by Crippen LogP contribution is 2.35. The van der Waals surface area contributed by atoms with Crippen LogP contribution in [0.1, 0.15) is 44.9 Å². The topological polar surface area (TPSA) is 21.3 Å². The predicted molar refractivity (Wildman–Crippen MR) is 63.0 cm³/mol. The van der Waals surface area contributed by atoms with Gasteiger partial charge in [-0.05, 0) is 57.0 Å². The summed E-state index contributed by atoms with van der Waals surface area (Å²) in [6, 6.07) is 0. The van der Waals surface area contributed by atoms with E-state index in [-0.39, 0.29) is 0 Å². The molecule has 1 saturated heterocycles. The maximum Gasteiger partial charge on any atom is 0.0628 e. The summed E-state index contributed by atoms with van der Waals surface area (Å²) in [7, 11) is 1.92. The van der Waals surface area contributed by atoms with E-state index in [0.29, 0.717) is 6.10 Å². The standard InChI is InChI=1S/C13H25NO/c1-15-13(11-5-2-3-6-11)12-7-4-9-14-10-8-12/h11-14H,2-10H2,1H3. The number of hydrogen-bond acceptors (Lipinski definition) is 2. The monoisotopic (exact) mass is 211 g/mol. The molecule has 2 nitrogen and oxygen atoms in total. The largest absolute Gasteiger partial charge is 0.381 e. The van der Waals surface area contributed by atoms with Gasteiger partial charge in [0, 0.05) is 7.11 Å². The molecule has 2 heteroatoms. The molecule has 1 aliphatic carbocycles. The number of nitrogens with one attached hydrogen (secondary N) is 1. The molecule has 1 saturated carbocycles. The van der Waals surface area contributed by atoms with Crippen LogP contribution in [0.4, 0.5) is 0 Å². The van der Waals surface area contributed by atoms with E-state index in [1.54, 1.807) is 0 Å².